The van der Waals surface area contributed by atoms with E-state index in [2.05, 4.69) is 0 Å². The van der Waals surface area contributed by atoms with Gasteiger partial charge in [-0.1, -0.05) is 0 Å². The summed E-state index contributed by atoms with van der Waals surface area (Å²) in [5.74, 6) is 0.487. The maximum atomic E-state index is 12.9. The Morgan fingerprint density at radius 1 is 1.35 bits per heavy atom. The predicted octanol–water partition coefficient (Wildman–Crippen LogP) is 1.67. The lowest BCUT2D eigenvalue weighted by atomic mass is 9.97. The Balaban J connectivity index is 2.18. The number of primary amides is 1. The lowest BCUT2D eigenvalue weighted by Gasteiger charge is -2.21. The van der Waals surface area contributed by atoms with Gasteiger partial charge in [0.05, 0.1) is 12.0 Å². The average molecular weight is 340 g/mol. The van der Waals surface area contributed by atoms with Crippen LogP contribution in [0.4, 0.5) is 0 Å². The minimum Gasteiger partial charge on any atom is -0.497 e. The maximum Gasteiger partial charge on any atom is 0.243 e. The normalized spacial score (nSPS) is 20.0. The minimum absolute atomic E-state index is 0.171. The van der Waals surface area contributed by atoms with Gasteiger partial charge < -0.3 is 10.5 Å². The van der Waals surface area contributed by atoms with Crippen LogP contribution in [0.25, 0.3) is 0 Å². The van der Waals surface area contributed by atoms with Crippen molar-refractivity contribution in [3.63, 3.8) is 0 Å². The van der Waals surface area contributed by atoms with Crippen molar-refractivity contribution in [1.29, 1.82) is 0 Å². The first-order valence-corrected chi connectivity index (χ1v) is 9.21. The predicted molar refractivity (Wildman–Crippen MR) is 87.6 cm³/mol. The molecule has 7 heteroatoms. The third-order valence-corrected chi connectivity index (χ3v) is 6.36. The summed E-state index contributed by atoms with van der Waals surface area (Å²) in [6.45, 7) is 2.66. The van der Waals surface area contributed by atoms with Crippen LogP contribution in [-0.4, -0.2) is 38.8 Å². The van der Waals surface area contributed by atoms with E-state index in [4.69, 9.17) is 10.5 Å². The van der Waals surface area contributed by atoms with Crippen molar-refractivity contribution in [3.8, 4) is 5.75 Å². The number of benzene rings is 1. The van der Waals surface area contributed by atoms with Gasteiger partial charge in [-0.2, -0.15) is 4.31 Å². The molecule has 6 nitrogen and oxygen atoms in total. The Labute approximate surface area is 137 Å². The van der Waals surface area contributed by atoms with Crippen LogP contribution in [0.3, 0.4) is 0 Å². The molecule has 0 radical (unpaired) electrons. The minimum atomic E-state index is -3.53. The second-order valence-electron chi connectivity index (χ2n) is 6.00. The van der Waals surface area contributed by atoms with Crippen molar-refractivity contribution in [2.75, 3.05) is 20.2 Å². The van der Waals surface area contributed by atoms with Gasteiger partial charge in [-0.05, 0) is 55.9 Å². The van der Waals surface area contributed by atoms with Crippen LogP contribution >= 0.6 is 0 Å². The lowest BCUT2D eigenvalue weighted by Crippen LogP contribution is -2.32. The summed E-state index contributed by atoms with van der Waals surface area (Å²) in [7, 11) is -1.98. The van der Waals surface area contributed by atoms with Crippen molar-refractivity contribution in [2.45, 2.75) is 37.5 Å². The number of amides is 1. The zero-order valence-electron chi connectivity index (χ0n) is 13.6. The summed E-state index contributed by atoms with van der Waals surface area (Å²) in [4.78, 5) is 11.4. The molecular formula is C16H24N2O4S. The summed E-state index contributed by atoms with van der Waals surface area (Å²) in [5.41, 5.74) is 5.92. The lowest BCUT2D eigenvalue weighted by molar-refractivity contribution is -0.119. The topological polar surface area (TPSA) is 89.7 Å². The van der Waals surface area contributed by atoms with Crippen LogP contribution in [0.1, 0.15) is 31.2 Å². The number of sulfonamides is 1. The van der Waals surface area contributed by atoms with Crippen molar-refractivity contribution >= 4 is 15.9 Å². The van der Waals surface area contributed by atoms with Crippen LogP contribution in [0, 0.1) is 12.8 Å². The van der Waals surface area contributed by atoms with Gasteiger partial charge in [-0.25, -0.2) is 8.42 Å². The highest BCUT2D eigenvalue weighted by molar-refractivity contribution is 7.89. The van der Waals surface area contributed by atoms with E-state index >= 15 is 0 Å². The van der Waals surface area contributed by atoms with E-state index in [0.717, 1.165) is 12.8 Å². The molecule has 0 spiro atoms. The number of carbonyl (C=O) groups excluding carboxylic acids is 1. The fraction of sp³-hybridized carbons (Fsp3) is 0.562. The summed E-state index contributed by atoms with van der Waals surface area (Å²) < 4.78 is 32.4. The molecule has 1 heterocycles. The van der Waals surface area contributed by atoms with E-state index in [1.165, 1.54) is 4.31 Å². The Morgan fingerprint density at radius 3 is 2.70 bits per heavy atom. The summed E-state index contributed by atoms with van der Waals surface area (Å²) in [6, 6.07) is 4.98. The standard InChI is InChI=1S/C16H24N2O4S/c1-12-10-14(22-2)5-6-15(12)23(20,21)18-8-3-4-13(7-9-18)11-16(17)19/h5-6,10,13H,3-4,7-9,11H2,1-2H3,(H2,17,19). The summed E-state index contributed by atoms with van der Waals surface area (Å²) >= 11 is 0. The molecule has 2 rings (SSSR count). The molecule has 0 aromatic heterocycles. The number of hydrogen-bond donors (Lipinski definition) is 1. The number of rotatable bonds is 5. The molecule has 1 aromatic carbocycles. The Kier molecular flexibility index (Phi) is 5.64. The Morgan fingerprint density at radius 2 is 2.09 bits per heavy atom. The molecule has 1 aromatic rings. The molecule has 1 atom stereocenters. The second kappa shape index (κ2) is 7.31. The first-order chi connectivity index (χ1) is 10.8. The van der Waals surface area contributed by atoms with Crippen molar-refractivity contribution in [3.05, 3.63) is 23.8 Å². The van der Waals surface area contributed by atoms with E-state index in [-0.39, 0.29) is 11.8 Å². The first-order valence-electron chi connectivity index (χ1n) is 7.77. The van der Waals surface area contributed by atoms with Crippen molar-refractivity contribution < 1.29 is 17.9 Å². The van der Waals surface area contributed by atoms with Crippen LogP contribution in [0.5, 0.6) is 5.75 Å². The summed E-state index contributed by atoms with van der Waals surface area (Å²) in [5, 5.41) is 0. The van der Waals surface area contributed by atoms with Crippen LogP contribution < -0.4 is 10.5 Å². The molecule has 0 saturated carbocycles. The molecule has 2 N–H and O–H groups in total. The quantitative estimate of drug-likeness (QED) is 0.883. The number of nitrogens with two attached hydrogens (primary N) is 1. The molecule has 1 aliphatic heterocycles. The van der Waals surface area contributed by atoms with Gasteiger partial charge in [0.25, 0.3) is 0 Å². The number of carbonyl (C=O) groups is 1. The van der Waals surface area contributed by atoms with Crippen molar-refractivity contribution in [2.24, 2.45) is 11.7 Å². The number of hydrogen-bond acceptors (Lipinski definition) is 4. The molecule has 0 aliphatic carbocycles. The zero-order chi connectivity index (χ0) is 17.0. The fourth-order valence-corrected chi connectivity index (χ4v) is 4.74. The molecule has 1 amide bonds. The van der Waals surface area contributed by atoms with E-state index in [0.29, 0.717) is 42.1 Å². The highest BCUT2D eigenvalue weighted by Crippen LogP contribution is 2.28. The maximum absolute atomic E-state index is 12.9. The van der Waals surface area contributed by atoms with Gasteiger partial charge in [-0.3, -0.25) is 4.79 Å². The summed E-state index contributed by atoms with van der Waals surface area (Å²) in [6.07, 6.45) is 2.57. The van der Waals surface area contributed by atoms with E-state index in [1.807, 2.05) is 0 Å². The third-order valence-electron chi connectivity index (χ3n) is 4.30. The number of methoxy groups -OCH3 is 1. The van der Waals surface area contributed by atoms with Gasteiger partial charge in [-0.15, -0.1) is 0 Å². The smallest absolute Gasteiger partial charge is 0.243 e. The molecule has 1 saturated heterocycles. The van der Waals surface area contributed by atoms with Gasteiger partial charge in [0.2, 0.25) is 15.9 Å². The van der Waals surface area contributed by atoms with E-state index in [1.54, 1.807) is 32.2 Å². The van der Waals surface area contributed by atoms with Crippen molar-refractivity contribution in [1.82, 2.24) is 4.31 Å². The SMILES string of the molecule is COc1ccc(S(=O)(=O)N2CCCC(CC(N)=O)CC2)c(C)c1. The largest absolute Gasteiger partial charge is 0.497 e. The number of ether oxygens (including phenoxy) is 1. The van der Waals surface area contributed by atoms with Crippen LogP contribution in [0.2, 0.25) is 0 Å². The molecule has 23 heavy (non-hydrogen) atoms. The van der Waals surface area contributed by atoms with E-state index in [9.17, 15) is 13.2 Å². The van der Waals surface area contributed by atoms with Crippen LogP contribution in [-0.2, 0) is 14.8 Å². The van der Waals surface area contributed by atoms with Gasteiger partial charge in [0.1, 0.15) is 5.75 Å². The highest BCUT2D eigenvalue weighted by atomic mass is 32.2. The van der Waals surface area contributed by atoms with Gasteiger partial charge in [0, 0.05) is 19.5 Å². The Hall–Kier alpha value is -1.60. The molecule has 1 fully saturated rings. The second-order valence-corrected chi connectivity index (χ2v) is 7.91. The monoisotopic (exact) mass is 340 g/mol. The van der Waals surface area contributed by atoms with Gasteiger partial charge in [0.15, 0.2) is 0 Å². The number of nitrogens with zero attached hydrogens (tertiary/aromatic N) is 1. The molecule has 1 aliphatic rings. The molecular weight excluding hydrogens is 316 g/mol. The zero-order valence-corrected chi connectivity index (χ0v) is 14.4. The highest BCUT2D eigenvalue weighted by Gasteiger charge is 2.29. The third kappa shape index (κ3) is 4.23. The van der Waals surface area contributed by atoms with Crippen LogP contribution in [0.15, 0.2) is 23.1 Å². The molecule has 0 bridgehead atoms. The van der Waals surface area contributed by atoms with E-state index < -0.39 is 10.0 Å². The number of aryl methyl sites for hydroxylation is 1. The molecule has 128 valence electrons. The molecule has 1 unspecified atom stereocenters. The Bertz CT molecular complexity index is 673. The first kappa shape index (κ1) is 17.7. The fourth-order valence-electron chi connectivity index (χ4n) is 3.05. The average Bonchev–Trinajstić information content (AvgIpc) is 2.72. The van der Waals surface area contributed by atoms with Gasteiger partial charge >= 0.3 is 0 Å².